The number of carbonyl (C=O) groups is 2. The van der Waals surface area contributed by atoms with Gasteiger partial charge in [-0.05, 0) is 42.7 Å². The Kier molecular flexibility index (Phi) is 4.97. The van der Waals surface area contributed by atoms with Crippen molar-refractivity contribution in [1.29, 1.82) is 0 Å². The van der Waals surface area contributed by atoms with Crippen molar-refractivity contribution < 1.29 is 18.9 Å². The number of hydroxylamine groups is 1. The highest BCUT2D eigenvalue weighted by Crippen LogP contribution is 2.22. The van der Waals surface area contributed by atoms with Crippen LogP contribution in [0.5, 0.6) is 5.75 Å². The Balaban J connectivity index is 1.38. The first-order valence-corrected chi connectivity index (χ1v) is 9.27. The highest BCUT2D eigenvalue weighted by Gasteiger charge is 2.34. The monoisotopic (exact) mass is 379 g/mol. The molecule has 2 aromatic carbocycles. The average molecular weight is 379 g/mol. The van der Waals surface area contributed by atoms with Gasteiger partial charge in [-0.2, -0.15) is 5.48 Å². The van der Waals surface area contributed by atoms with E-state index in [2.05, 4.69) is 10.6 Å². The van der Waals surface area contributed by atoms with Crippen molar-refractivity contribution in [1.82, 2.24) is 15.5 Å². The van der Waals surface area contributed by atoms with Gasteiger partial charge in [0.1, 0.15) is 11.8 Å². The lowest BCUT2D eigenvalue weighted by atomic mass is 10.1. The summed E-state index contributed by atoms with van der Waals surface area (Å²) in [5.41, 5.74) is 3.21. The SMILES string of the molecule is Cc1cc(CC(=O)N2CCCC2C(=O)NOc2ccc3ccccc3c2)on1. The Morgan fingerprint density at radius 2 is 2.04 bits per heavy atom. The molecule has 0 bridgehead atoms. The lowest BCUT2D eigenvalue weighted by Gasteiger charge is -2.23. The van der Waals surface area contributed by atoms with E-state index in [4.69, 9.17) is 9.36 Å². The Hall–Kier alpha value is -3.35. The summed E-state index contributed by atoms with van der Waals surface area (Å²) in [6.45, 7) is 2.34. The van der Waals surface area contributed by atoms with E-state index in [1.807, 2.05) is 36.4 Å². The number of carbonyl (C=O) groups excluding carboxylic acids is 2. The molecule has 1 aromatic heterocycles. The van der Waals surface area contributed by atoms with Crippen molar-refractivity contribution in [3.05, 3.63) is 60.0 Å². The molecule has 2 amide bonds. The van der Waals surface area contributed by atoms with E-state index in [-0.39, 0.29) is 18.2 Å². The minimum absolute atomic E-state index is 0.0934. The lowest BCUT2D eigenvalue weighted by Crippen LogP contribution is -2.47. The molecular weight excluding hydrogens is 358 g/mol. The smallest absolute Gasteiger partial charge is 0.275 e. The first kappa shape index (κ1) is 18.0. The number of aryl methyl sites for hydroxylation is 1. The van der Waals surface area contributed by atoms with Gasteiger partial charge in [0.2, 0.25) is 5.91 Å². The molecule has 1 saturated heterocycles. The van der Waals surface area contributed by atoms with Crippen molar-refractivity contribution in [3.63, 3.8) is 0 Å². The third-order valence-corrected chi connectivity index (χ3v) is 4.87. The largest absolute Gasteiger partial charge is 0.379 e. The number of nitrogens with one attached hydrogen (secondary N) is 1. The van der Waals surface area contributed by atoms with Gasteiger partial charge in [0.05, 0.1) is 12.1 Å². The van der Waals surface area contributed by atoms with Crippen molar-refractivity contribution >= 4 is 22.6 Å². The fourth-order valence-corrected chi connectivity index (χ4v) is 3.50. The number of hydrogen-bond acceptors (Lipinski definition) is 5. The molecule has 7 nitrogen and oxygen atoms in total. The topological polar surface area (TPSA) is 84.7 Å². The summed E-state index contributed by atoms with van der Waals surface area (Å²) in [4.78, 5) is 32.2. The molecule has 0 spiro atoms. The minimum atomic E-state index is -0.544. The molecule has 28 heavy (non-hydrogen) atoms. The van der Waals surface area contributed by atoms with Crippen LogP contribution in [0.25, 0.3) is 10.8 Å². The zero-order valence-electron chi connectivity index (χ0n) is 15.6. The molecule has 4 rings (SSSR count). The van der Waals surface area contributed by atoms with Crippen LogP contribution < -0.4 is 10.3 Å². The molecule has 3 aromatic rings. The maximum absolute atomic E-state index is 12.6. The van der Waals surface area contributed by atoms with Gasteiger partial charge in [-0.25, -0.2) is 0 Å². The average Bonchev–Trinajstić information content (AvgIpc) is 3.35. The van der Waals surface area contributed by atoms with Gasteiger partial charge in [0.25, 0.3) is 5.91 Å². The summed E-state index contributed by atoms with van der Waals surface area (Å²) >= 11 is 0. The van der Waals surface area contributed by atoms with E-state index in [1.54, 1.807) is 24.0 Å². The van der Waals surface area contributed by atoms with Crippen molar-refractivity contribution in [2.45, 2.75) is 32.2 Å². The minimum Gasteiger partial charge on any atom is -0.379 e. The molecule has 0 aliphatic carbocycles. The number of fused-ring (bicyclic) bond motifs is 1. The van der Waals surface area contributed by atoms with Crippen LogP contribution in [0.2, 0.25) is 0 Å². The van der Waals surface area contributed by atoms with Gasteiger partial charge in [-0.15, -0.1) is 0 Å². The summed E-state index contributed by atoms with van der Waals surface area (Å²) < 4.78 is 5.11. The third kappa shape index (κ3) is 3.83. The number of aromatic nitrogens is 1. The van der Waals surface area contributed by atoms with Gasteiger partial charge >= 0.3 is 0 Å². The fourth-order valence-electron chi connectivity index (χ4n) is 3.50. The van der Waals surface area contributed by atoms with Crippen LogP contribution in [0.1, 0.15) is 24.3 Å². The lowest BCUT2D eigenvalue weighted by molar-refractivity contribution is -0.141. The van der Waals surface area contributed by atoms with Crippen LogP contribution in [0.15, 0.2) is 53.1 Å². The Bertz CT molecular complexity index is 1010. The number of nitrogens with zero attached hydrogens (tertiary/aromatic N) is 2. The van der Waals surface area contributed by atoms with Crippen LogP contribution in [0.3, 0.4) is 0 Å². The van der Waals surface area contributed by atoms with E-state index in [1.165, 1.54) is 0 Å². The van der Waals surface area contributed by atoms with E-state index in [9.17, 15) is 9.59 Å². The van der Waals surface area contributed by atoms with E-state index in [0.29, 0.717) is 24.5 Å². The Morgan fingerprint density at radius 1 is 1.21 bits per heavy atom. The molecule has 1 aliphatic rings. The molecule has 1 N–H and O–H groups in total. The van der Waals surface area contributed by atoms with E-state index >= 15 is 0 Å². The van der Waals surface area contributed by atoms with Gasteiger partial charge in [-0.3, -0.25) is 9.59 Å². The molecule has 0 saturated carbocycles. The Labute approximate surface area is 162 Å². The molecule has 1 fully saturated rings. The predicted molar refractivity (Wildman–Crippen MR) is 102 cm³/mol. The van der Waals surface area contributed by atoms with Gasteiger partial charge in [0, 0.05) is 12.6 Å². The molecule has 2 heterocycles. The second-order valence-corrected chi connectivity index (χ2v) is 6.93. The summed E-state index contributed by atoms with van der Waals surface area (Å²) in [6, 6.07) is 14.7. The molecule has 144 valence electrons. The zero-order valence-corrected chi connectivity index (χ0v) is 15.6. The first-order valence-electron chi connectivity index (χ1n) is 9.27. The number of hydrogen-bond donors (Lipinski definition) is 1. The van der Waals surface area contributed by atoms with Crippen LogP contribution in [-0.2, 0) is 16.0 Å². The van der Waals surface area contributed by atoms with Crippen LogP contribution in [-0.4, -0.2) is 34.5 Å². The Morgan fingerprint density at radius 3 is 2.82 bits per heavy atom. The maximum Gasteiger partial charge on any atom is 0.275 e. The summed E-state index contributed by atoms with van der Waals surface area (Å²) in [7, 11) is 0. The number of benzene rings is 2. The van der Waals surface area contributed by atoms with Gasteiger partial charge in [-0.1, -0.05) is 35.5 Å². The third-order valence-electron chi connectivity index (χ3n) is 4.87. The fraction of sp³-hybridized carbons (Fsp3) is 0.286. The summed E-state index contributed by atoms with van der Waals surface area (Å²) in [5, 5.41) is 5.91. The second kappa shape index (κ2) is 7.72. The highest BCUT2D eigenvalue weighted by molar-refractivity contribution is 5.88. The van der Waals surface area contributed by atoms with Gasteiger partial charge in [0.15, 0.2) is 5.75 Å². The molecule has 1 aliphatic heterocycles. The van der Waals surface area contributed by atoms with Crippen molar-refractivity contribution in [2.75, 3.05) is 6.54 Å². The van der Waals surface area contributed by atoms with Crippen LogP contribution in [0, 0.1) is 6.92 Å². The van der Waals surface area contributed by atoms with Crippen molar-refractivity contribution in [3.8, 4) is 5.75 Å². The van der Waals surface area contributed by atoms with Crippen molar-refractivity contribution in [2.24, 2.45) is 0 Å². The molecule has 1 unspecified atom stereocenters. The number of amides is 2. The quantitative estimate of drug-likeness (QED) is 0.689. The molecule has 0 radical (unpaired) electrons. The molecule has 7 heteroatoms. The normalized spacial score (nSPS) is 16.3. The molecular formula is C21H21N3O4. The number of rotatable bonds is 5. The van der Waals surface area contributed by atoms with E-state index < -0.39 is 6.04 Å². The number of likely N-dealkylation sites (tertiary alicyclic amines) is 1. The summed E-state index contributed by atoms with van der Waals surface area (Å²) in [6.07, 6.45) is 1.47. The van der Waals surface area contributed by atoms with Crippen LogP contribution >= 0.6 is 0 Å². The predicted octanol–water partition coefficient (Wildman–Crippen LogP) is 2.78. The molecule has 1 atom stereocenters. The standard InChI is InChI=1S/C21H21N3O4/c1-14-11-18(28-22-14)13-20(25)24-10-4-7-19(24)21(26)23-27-17-9-8-15-5-2-3-6-16(15)12-17/h2-3,5-6,8-9,11-12,19H,4,7,10,13H2,1H3,(H,23,26). The van der Waals surface area contributed by atoms with Crippen LogP contribution in [0.4, 0.5) is 0 Å². The van der Waals surface area contributed by atoms with Gasteiger partial charge < -0.3 is 14.3 Å². The van der Waals surface area contributed by atoms with E-state index in [0.717, 1.165) is 22.9 Å². The maximum atomic E-state index is 12.6. The highest BCUT2D eigenvalue weighted by atomic mass is 16.7. The first-order chi connectivity index (χ1) is 13.6. The zero-order chi connectivity index (χ0) is 19.5. The summed E-state index contributed by atoms with van der Waals surface area (Å²) in [5.74, 6) is 0.563. The second-order valence-electron chi connectivity index (χ2n) is 6.93.